The average molecular weight is 473 g/mol. The number of rotatable bonds is 7. The highest BCUT2D eigenvalue weighted by molar-refractivity contribution is 7.99. The quantitative estimate of drug-likeness (QED) is 0.307. The Morgan fingerprint density at radius 1 is 1.22 bits per heavy atom. The summed E-state index contributed by atoms with van der Waals surface area (Å²) in [6.07, 6.45) is 2.16. The van der Waals surface area contributed by atoms with Crippen LogP contribution < -0.4 is 10.2 Å². The summed E-state index contributed by atoms with van der Waals surface area (Å²) < 4.78 is 1.86. The van der Waals surface area contributed by atoms with Gasteiger partial charge in [-0.25, -0.2) is 0 Å². The third kappa shape index (κ3) is 4.71. The van der Waals surface area contributed by atoms with E-state index in [1.54, 1.807) is 19.1 Å². The van der Waals surface area contributed by atoms with E-state index in [1.165, 1.54) is 23.9 Å². The van der Waals surface area contributed by atoms with Crippen LogP contribution in [0.15, 0.2) is 47.6 Å². The van der Waals surface area contributed by atoms with E-state index in [1.807, 2.05) is 22.8 Å². The van der Waals surface area contributed by atoms with Crippen LogP contribution in [0.1, 0.15) is 18.4 Å². The Labute approximate surface area is 193 Å². The smallest absolute Gasteiger partial charge is 0.293 e. The van der Waals surface area contributed by atoms with Crippen molar-refractivity contribution in [2.45, 2.75) is 24.9 Å². The Kier molecular flexibility index (Phi) is 6.61. The van der Waals surface area contributed by atoms with Gasteiger partial charge in [-0.2, -0.15) is 0 Å². The Morgan fingerprint density at radius 2 is 1.97 bits per heavy atom. The minimum atomic E-state index is -0.508. The fraction of sp³-hybridized carbons (Fsp3) is 0.286. The molecule has 9 nitrogen and oxygen atoms in total. The van der Waals surface area contributed by atoms with Crippen LogP contribution in [0.2, 0.25) is 5.02 Å². The molecule has 0 radical (unpaired) electrons. The molecule has 32 heavy (non-hydrogen) atoms. The maximum Gasteiger partial charge on any atom is 0.293 e. The van der Waals surface area contributed by atoms with Crippen molar-refractivity contribution in [3.63, 3.8) is 0 Å². The highest BCUT2D eigenvalue weighted by Crippen LogP contribution is 2.32. The first kappa shape index (κ1) is 22.1. The molecule has 1 saturated heterocycles. The lowest BCUT2D eigenvalue weighted by atomic mass is 10.2. The van der Waals surface area contributed by atoms with Gasteiger partial charge in [0.1, 0.15) is 5.69 Å². The van der Waals surface area contributed by atoms with E-state index in [0.29, 0.717) is 16.1 Å². The van der Waals surface area contributed by atoms with E-state index in [2.05, 4.69) is 20.4 Å². The zero-order chi connectivity index (χ0) is 22.7. The second kappa shape index (κ2) is 9.58. The van der Waals surface area contributed by atoms with Gasteiger partial charge in [0.25, 0.3) is 5.69 Å². The molecule has 11 heteroatoms. The Morgan fingerprint density at radius 3 is 2.69 bits per heavy atom. The molecule has 1 amide bonds. The van der Waals surface area contributed by atoms with Crippen LogP contribution in [-0.4, -0.2) is 44.4 Å². The van der Waals surface area contributed by atoms with E-state index in [0.717, 1.165) is 37.2 Å². The van der Waals surface area contributed by atoms with Gasteiger partial charge in [-0.1, -0.05) is 41.6 Å². The summed E-state index contributed by atoms with van der Waals surface area (Å²) in [6, 6.07) is 12.1. The molecule has 4 rings (SSSR count). The van der Waals surface area contributed by atoms with Crippen LogP contribution in [0.3, 0.4) is 0 Å². The van der Waals surface area contributed by atoms with Crippen molar-refractivity contribution in [2.24, 2.45) is 0 Å². The number of para-hydroxylation sites is 1. The molecule has 0 saturated carbocycles. The number of hydrogen-bond acceptors (Lipinski definition) is 7. The summed E-state index contributed by atoms with van der Waals surface area (Å²) in [7, 11) is 0. The topological polar surface area (TPSA) is 106 Å². The van der Waals surface area contributed by atoms with Crippen LogP contribution in [0.25, 0.3) is 5.69 Å². The van der Waals surface area contributed by atoms with Gasteiger partial charge < -0.3 is 10.2 Å². The molecule has 1 fully saturated rings. The average Bonchev–Trinajstić information content (AvgIpc) is 3.43. The highest BCUT2D eigenvalue weighted by Gasteiger charge is 2.24. The van der Waals surface area contributed by atoms with E-state index < -0.39 is 4.92 Å². The molecular weight excluding hydrogens is 452 g/mol. The molecule has 0 unspecified atom stereocenters. The number of aryl methyl sites for hydroxylation is 1. The summed E-state index contributed by atoms with van der Waals surface area (Å²) in [5, 5.41) is 23.7. The molecule has 1 aromatic heterocycles. The van der Waals surface area contributed by atoms with Gasteiger partial charge in [0.15, 0.2) is 5.16 Å². The molecule has 0 spiro atoms. The van der Waals surface area contributed by atoms with Gasteiger partial charge in [0.05, 0.1) is 21.4 Å². The maximum absolute atomic E-state index is 12.6. The van der Waals surface area contributed by atoms with Crippen molar-refractivity contribution in [1.82, 2.24) is 14.8 Å². The number of thioether (sulfide) groups is 1. The maximum atomic E-state index is 12.6. The molecule has 3 aromatic rings. The third-order valence-corrected chi connectivity index (χ3v) is 6.30. The van der Waals surface area contributed by atoms with Crippen molar-refractivity contribution in [3.8, 4) is 5.69 Å². The third-order valence-electron chi connectivity index (χ3n) is 5.05. The number of nitrogens with zero attached hydrogens (tertiary/aromatic N) is 5. The fourth-order valence-corrected chi connectivity index (χ4v) is 4.50. The van der Waals surface area contributed by atoms with Crippen molar-refractivity contribution < 1.29 is 9.72 Å². The predicted molar refractivity (Wildman–Crippen MR) is 125 cm³/mol. The van der Waals surface area contributed by atoms with Crippen molar-refractivity contribution in [1.29, 1.82) is 0 Å². The lowest BCUT2D eigenvalue weighted by molar-refractivity contribution is -0.384. The van der Waals surface area contributed by atoms with Crippen molar-refractivity contribution in [3.05, 3.63) is 63.2 Å². The molecule has 0 atom stereocenters. The molecule has 2 aromatic carbocycles. The standard InChI is InChI=1S/C21H21ClN6O3S/c1-14-8-9-16(18(12-14)28(30)31)23-19(29)13-32-21-25-24-20(26-10-4-5-11-26)27(21)17-7-3-2-6-15(17)22/h2-3,6-9,12H,4-5,10-11,13H2,1H3,(H,23,29). The molecule has 0 bridgehead atoms. The number of hydrogen-bond donors (Lipinski definition) is 1. The van der Waals surface area contributed by atoms with Crippen LogP contribution >= 0.6 is 23.4 Å². The number of halogens is 1. The zero-order valence-corrected chi connectivity index (χ0v) is 18.9. The number of amides is 1. The molecule has 166 valence electrons. The number of nitro groups is 1. The zero-order valence-electron chi connectivity index (χ0n) is 17.3. The van der Waals surface area contributed by atoms with Gasteiger partial charge in [-0.15, -0.1) is 10.2 Å². The summed E-state index contributed by atoms with van der Waals surface area (Å²) in [5.41, 5.74) is 1.50. The van der Waals surface area contributed by atoms with E-state index in [9.17, 15) is 14.9 Å². The van der Waals surface area contributed by atoms with E-state index in [4.69, 9.17) is 11.6 Å². The Balaban J connectivity index is 1.56. The van der Waals surface area contributed by atoms with Crippen LogP contribution in [0, 0.1) is 17.0 Å². The SMILES string of the molecule is Cc1ccc(NC(=O)CSc2nnc(N3CCCC3)n2-c2ccccc2Cl)c([N+](=O)[O-])c1. The normalized spacial score (nSPS) is 13.4. The van der Waals surface area contributed by atoms with Gasteiger partial charge in [0.2, 0.25) is 11.9 Å². The van der Waals surface area contributed by atoms with Crippen LogP contribution in [0.5, 0.6) is 0 Å². The minimum Gasteiger partial charge on any atom is -0.341 e. The minimum absolute atomic E-state index is 0.00756. The first-order valence-electron chi connectivity index (χ1n) is 10.1. The fourth-order valence-electron chi connectivity index (χ4n) is 3.54. The number of carbonyl (C=O) groups is 1. The first-order chi connectivity index (χ1) is 15.4. The Bertz CT molecular complexity index is 1160. The molecule has 0 aliphatic carbocycles. The first-order valence-corrected chi connectivity index (χ1v) is 11.4. The van der Waals surface area contributed by atoms with Crippen molar-refractivity contribution >= 4 is 46.6 Å². The number of anilines is 2. The molecule has 1 aliphatic rings. The van der Waals surface area contributed by atoms with E-state index >= 15 is 0 Å². The van der Waals surface area contributed by atoms with Crippen molar-refractivity contribution in [2.75, 3.05) is 29.1 Å². The largest absolute Gasteiger partial charge is 0.341 e. The molecule has 1 N–H and O–H groups in total. The van der Waals surface area contributed by atoms with Gasteiger partial charge in [0, 0.05) is 19.2 Å². The van der Waals surface area contributed by atoms with Gasteiger partial charge in [-0.05, 0) is 43.5 Å². The predicted octanol–water partition coefficient (Wildman–Crippen LogP) is 4.47. The monoisotopic (exact) mass is 472 g/mol. The molecule has 1 aliphatic heterocycles. The van der Waals surface area contributed by atoms with E-state index in [-0.39, 0.29) is 23.0 Å². The second-order valence-electron chi connectivity index (χ2n) is 7.38. The highest BCUT2D eigenvalue weighted by atomic mass is 35.5. The number of nitrogens with one attached hydrogen (secondary N) is 1. The summed E-state index contributed by atoms with van der Waals surface area (Å²) in [6.45, 7) is 3.52. The molecular formula is C21H21ClN6O3S. The summed E-state index contributed by atoms with van der Waals surface area (Å²) in [4.78, 5) is 25.5. The van der Waals surface area contributed by atoms with Gasteiger partial charge >= 0.3 is 0 Å². The lowest BCUT2D eigenvalue weighted by Crippen LogP contribution is -2.22. The number of nitro benzene ring substituents is 1. The van der Waals surface area contributed by atoms with Crippen LogP contribution in [0.4, 0.5) is 17.3 Å². The van der Waals surface area contributed by atoms with Crippen LogP contribution in [-0.2, 0) is 4.79 Å². The number of aromatic nitrogens is 3. The Hall–Kier alpha value is -3.11. The number of carbonyl (C=O) groups excluding carboxylic acids is 1. The lowest BCUT2D eigenvalue weighted by Gasteiger charge is -2.19. The molecule has 2 heterocycles. The summed E-state index contributed by atoms with van der Waals surface area (Å²) in [5.74, 6) is 0.319. The van der Waals surface area contributed by atoms with Gasteiger partial charge in [-0.3, -0.25) is 19.5 Å². The summed E-state index contributed by atoms with van der Waals surface area (Å²) >= 11 is 7.65. The second-order valence-corrected chi connectivity index (χ2v) is 8.73. The number of benzene rings is 2.